The van der Waals surface area contributed by atoms with Crippen LogP contribution in [0.1, 0.15) is 12.8 Å². The zero-order chi connectivity index (χ0) is 13.9. The average molecular weight is 333 g/mol. The molecule has 0 aliphatic heterocycles. The van der Waals surface area contributed by atoms with Crippen LogP contribution in [0.15, 0.2) is 41.1 Å². The third kappa shape index (κ3) is 3.33. The Labute approximate surface area is 125 Å². The van der Waals surface area contributed by atoms with Crippen molar-refractivity contribution in [2.75, 3.05) is 10.6 Å². The third-order valence-corrected chi connectivity index (χ3v) is 3.36. The van der Waals surface area contributed by atoms with Crippen molar-refractivity contribution in [3.63, 3.8) is 0 Å². The van der Waals surface area contributed by atoms with E-state index >= 15 is 0 Å². The Hall–Kier alpha value is -1.95. The van der Waals surface area contributed by atoms with Gasteiger partial charge in [-0.15, -0.1) is 0 Å². The number of anilines is 3. The molecule has 1 aliphatic carbocycles. The lowest BCUT2D eigenvalue weighted by molar-refractivity contribution is -0.117. The molecule has 2 N–H and O–H groups in total. The molecule has 2 aromatic rings. The number of hydrogen-bond acceptors (Lipinski definition) is 4. The molecule has 1 amide bonds. The van der Waals surface area contributed by atoms with Crippen LogP contribution in [0.5, 0.6) is 0 Å². The van der Waals surface area contributed by atoms with Gasteiger partial charge in [0.15, 0.2) is 0 Å². The molecule has 1 aromatic heterocycles. The number of carbonyl (C=O) groups is 1. The van der Waals surface area contributed by atoms with E-state index in [0.717, 1.165) is 28.7 Å². The Morgan fingerprint density at radius 1 is 1.20 bits per heavy atom. The summed E-state index contributed by atoms with van der Waals surface area (Å²) < 4.78 is 0.827. The smallest absolute Gasteiger partial charge is 0.227 e. The highest BCUT2D eigenvalue weighted by atomic mass is 79.9. The van der Waals surface area contributed by atoms with Gasteiger partial charge in [-0.1, -0.05) is 6.07 Å². The molecule has 5 nitrogen and oxygen atoms in total. The van der Waals surface area contributed by atoms with E-state index < -0.39 is 0 Å². The fourth-order valence-corrected chi connectivity index (χ4v) is 1.98. The van der Waals surface area contributed by atoms with E-state index in [4.69, 9.17) is 0 Å². The zero-order valence-electron chi connectivity index (χ0n) is 10.6. The van der Waals surface area contributed by atoms with E-state index in [1.54, 1.807) is 12.4 Å². The van der Waals surface area contributed by atoms with E-state index in [1.807, 2.05) is 24.3 Å². The number of rotatable bonds is 4. The fourth-order valence-electron chi connectivity index (χ4n) is 1.77. The molecule has 6 heteroatoms. The Kier molecular flexibility index (Phi) is 3.64. The van der Waals surface area contributed by atoms with Crippen molar-refractivity contribution in [3.05, 3.63) is 41.1 Å². The monoisotopic (exact) mass is 332 g/mol. The molecule has 3 rings (SSSR count). The maximum atomic E-state index is 11.7. The molecule has 20 heavy (non-hydrogen) atoms. The summed E-state index contributed by atoms with van der Waals surface area (Å²) in [6.45, 7) is 0. The minimum atomic E-state index is 0.0991. The van der Waals surface area contributed by atoms with Gasteiger partial charge >= 0.3 is 0 Å². The van der Waals surface area contributed by atoms with Gasteiger partial charge in [0.05, 0.1) is 4.47 Å². The van der Waals surface area contributed by atoms with Gasteiger partial charge in [0.2, 0.25) is 11.9 Å². The lowest BCUT2D eigenvalue weighted by Gasteiger charge is -2.08. The summed E-state index contributed by atoms with van der Waals surface area (Å²) in [4.78, 5) is 20.0. The van der Waals surface area contributed by atoms with Gasteiger partial charge in [-0.25, -0.2) is 9.97 Å². The number of carbonyl (C=O) groups excluding carboxylic acids is 1. The predicted octanol–water partition coefficient (Wildman–Crippen LogP) is 3.33. The first-order chi connectivity index (χ1) is 9.70. The maximum Gasteiger partial charge on any atom is 0.227 e. The first kappa shape index (κ1) is 13.1. The zero-order valence-corrected chi connectivity index (χ0v) is 12.2. The van der Waals surface area contributed by atoms with E-state index in [9.17, 15) is 4.79 Å². The van der Waals surface area contributed by atoms with Crippen LogP contribution >= 0.6 is 15.9 Å². The van der Waals surface area contributed by atoms with Crippen molar-refractivity contribution in [2.45, 2.75) is 12.8 Å². The molecule has 0 saturated heterocycles. The van der Waals surface area contributed by atoms with Crippen LogP contribution in [0.2, 0.25) is 0 Å². The second kappa shape index (κ2) is 5.58. The van der Waals surface area contributed by atoms with Crippen molar-refractivity contribution in [2.24, 2.45) is 5.92 Å². The number of aromatic nitrogens is 2. The minimum Gasteiger partial charge on any atom is -0.326 e. The second-order valence-corrected chi connectivity index (χ2v) is 5.61. The average Bonchev–Trinajstić information content (AvgIpc) is 3.26. The van der Waals surface area contributed by atoms with Crippen LogP contribution in [-0.2, 0) is 4.79 Å². The summed E-state index contributed by atoms with van der Waals surface area (Å²) in [7, 11) is 0. The van der Waals surface area contributed by atoms with Crippen LogP contribution in [0, 0.1) is 5.92 Å². The molecular formula is C14H13BrN4O. The first-order valence-corrected chi connectivity index (χ1v) is 7.15. The molecule has 1 fully saturated rings. The molecule has 0 atom stereocenters. The van der Waals surface area contributed by atoms with E-state index in [2.05, 4.69) is 36.5 Å². The molecule has 0 radical (unpaired) electrons. The Morgan fingerprint density at radius 2 is 1.90 bits per heavy atom. The summed E-state index contributed by atoms with van der Waals surface area (Å²) >= 11 is 3.29. The molecule has 102 valence electrons. The summed E-state index contributed by atoms with van der Waals surface area (Å²) in [5, 5.41) is 6.01. The van der Waals surface area contributed by atoms with Crippen LogP contribution < -0.4 is 10.6 Å². The molecule has 0 spiro atoms. The van der Waals surface area contributed by atoms with Crippen molar-refractivity contribution >= 4 is 39.2 Å². The van der Waals surface area contributed by atoms with E-state index in [-0.39, 0.29) is 11.8 Å². The first-order valence-electron chi connectivity index (χ1n) is 6.36. The molecule has 1 saturated carbocycles. The number of nitrogens with one attached hydrogen (secondary N) is 2. The maximum absolute atomic E-state index is 11.7. The number of nitrogens with zero attached hydrogens (tertiary/aromatic N) is 2. The van der Waals surface area contributed by atoms with Crippen LogP contribution in [0.4, 0.5) is 17.3 Å². The van der Waals surface area contributed by atoms with Gasteiger partial charge in [-0.3, -0.25) is 4.79 Å². The van der Waals surface area contributed by atoms with Gasteiger partial charge in [0.1, 0.15) is 0 Å². The van der Waals surface area contributed by atoms with Crippen molar-refractivity contribution in [1.82, 2.24) is 9.97 Å². The Bertz CT molecular complexity index is 625. The van der Waals surface area contributed by atoms with Gasteiger partial charge in [-0.2, -0.15) is 0 Å². The normalized spacial score (nSPS) is 13.8. The Morgan fingerprint density at radius 3 is 2.60 bits per heavy atom. The summed E-state index contributed by atoms with van der Waals surface area (Å²) in [5.74, 6) is 0.808. The molecule has 0 unspecified atom stereocenters. The highest BCUT2D eigenvalue weighted by Gasteiger charge is 2.29. The lowest BCUT2D eigenvalue weighted by Crippen LogP contribution is -2.13. The van der Waals surface area contributed by atoms with Crippen molar-refractivity contribution in [3.8, 4) is 0 Å². The van der Waals surface area contributed by atoms with Gasteiger partial charge in [0, 0.05) is 29.7 Å². The lowest BCUT2D eigenvalue weighted by atomic mass is 10.2. The third-order valence-electron chi connectivity index (χ3n) is 2.95. The molecule has 1 heterocycles. The van der Waals surface area contributed by atoms with E-state index in [0.29, 0.717) is 5.95 Å². The highest BCUT2D eigenvalue weighted by Crippen LogP contribution is 2.30. The van der Waals surface area contributed by atoms with Crippen LogP contribution in [0.25, 0.3) is 0 Å². The predicted molar refractivity (Wildman–Crippen MR) is 80.8 cm³/mol. The van der Waals surface area contributed by atoms with Gasteiger partial charge in [-0.05, 0) is 47.0 Å². The highest BCUT2D eigenvalue weighted by molar-refractivity contribution is 9.10. The van der Waals surface area contributed by atoms with E-state index in [1.165, 1.54) is 0 Å². The summed E-state index contributed by atoms with van der Waals surface area (Å²) in [5.41, 5.74) is 1.62. The SMILES string of the molecule is O=C(Nc1cccc(Nc2ncc(Br)cn2)c1)C1CC1. The summed E-state index contributed by atoms with van der Waals surface area (Å²) in [6.07, 6.45) is 5.34. The Balaban J connectivity index is 1.70. The van der Waals surface area contributed by atoms with Crippen LogP contribution in [-0.4, -0.2) is 15.9 Å². The largest absolute Gasteiger partial charge is 0.326 e. The summed E-state index contributed by atoms with van der Waals surface area (Å²) in [6, 6.07) is 7.52. The van der Waals surface area contributed by atoms with Gasteiger partial charge < -0.3 is 10.6 Å². The van der Waals surface area contributed by atoms with Gasteiger partial charge in [0.25, 0.3) is 0 Å². The second-order valence-electron chi connectivity index (χ2n) is 4.69. The number of benzene rings is 1. The molecule has 0 bridgehead atoms. The quantitative estimate of drug-likeness (QED) is 0.901. The number of halogens is 1. The molecular weight excluding hydrogens is 320 g/mol. The van der Waals surface area contributed by atoms with Crippen molar-refractivity contribution < 1.29 is 4.79 Å². The van der Waals surface area contributed by atoms with Crippen molar-refractivity contribution in [1.29, 1.82) is 0 Å². The molecule has 1 aromatic carbocycles. The standard InChI is InChI=1S/C14H13BrN4O/c15-10-7-16-14(17-8-10)19-12-3-1-2-11(6-12)18-13(20)9-4-5-9/h1-3,6-9H,4-5H2,(H,18,20)(H,16,17,19). The topological polar surface area (TPSA) is 66.9 Å². The minimum absolute atomic E-state index is 0.0991. The fraction of sp³-hybridized carbons (Fsp3) is 0.214. The number of hydrogen-bond donors (Lipinski definition) is 2. The number of amides is 1. The van der Waals surface area contributed by atoms with Crippen LogP contribution in [0.3, 0.4) is 0 Å². The molecule has 1 aliphatic rings.